The number of benzene rings is 1. The fourth-order valence-corrected chi connectivity index (χ4v) is 2.82. The number of anilines is 1. The highest BCUT2D eigenvalue weighted by Crippen LogP contribution is 2.22. The molecule has 35 heavy (non-hydrogen) atoms. The molecule has 0 aromatic heterocycles. The second kappa shape index (κ2) is 23.2. The number of rotatable bonds is 11. The van der Waals surface area contributed by atoms with Crippen LogP contribution >= 0.6 is 0 Å². The Kier molecular flexibility index (Phi) is 24.5. The minimum Gasteiger partial charge on any atom is -0.356 e. The van der Waals surface area contributed by atoms with Gasteiger partial charge < -0.3 is 10.6 Å². The Labute approximate surface area is 219 Å². The molecule has 2 nitrogen and oxygen atoms in total. The molecule has 1 unspecified atom stereocenters. The quantitative estimate of drug-likeness (QED) is 0.243. The molecule has 0 saturated heterocycles. The summed E-state index contributed by atoms with van der Waals surface area (Å²) >= 11 is 0. The van der Waals surface area contributed by atoms with Gasteiger partial charge in [-0.15, -0.1) is 0 Å². The van der Waals surface area contributed by atoms with Crippen molar-refractivity contribution in [1.29, 1.82) is 0 Å². The van der Waals surface area contributed by atoms with Crippen LogP contribution in [0.1, 0.15) is 94.2 Å². The second-order valence-corrected chi connectivity index (χ2v) is 8.63. The summed E-state index contributed by atoms with van der Waals surface area (Å²) in [6.07, 6.45) is 12.5. The van der Waals surface area contributed by atoms with E-state index in [1.807, 2.05) is 45.9 Å². The van der Waals surface area contributed by atoms with Crippen LogP contribution < -0.4 is 10.6 Å². The van der Waals surface area contributed by atoms with Gasteiger partial charge >= 0.3 is 0 Å². The average molecular weight is 481 g/mol. The van der Waals surface area contributed by atoms with Gasteiger partial charge in [-0.25, -0.2) is 0 Å². The van der Waals surface area contributed by atoms with Crippen molar-refractivity contribution in [3.05, 3.63) is 102 Å². The fourth-order valence-electron chi connectivity index (χ4n) is 2.82. The van der Waals surface area contributed by atoms with Crippen molar-refractivity contribution >= 4 is 5.69 Å². The lowest BCUT2D eigenvalue weighted by atomic mass is 10.0. The largest absolute Gasteiger partial charge is 0.356 e. The van der Waals surface area contributed by atoms with Crippen LogP contribution in [-0.2, 0) is 0 Å². The van der Waals surface area contributed by atoms with Crippen LogP contribution in [0, 0.1) is 5.92 Å². The summed E-state index contributed by atoms with van der Waals surface area (Å²) in [5.41, 5.74) is 6.77. The van der Waals surface area contributed by atoms with E-state index in [0.717, 1.165) is 36.3 Å². The van der Waals surface area contributed by atoms with Crippen molar-refractivity contribution in [1.82, 2.24) is 5.32 Å². The summed E-state index contributed by atoms with van der Waals surface area (Å²) in [5.74, 6) is 0.595. The Morgan fingerprint density at radius 3 is 2.03 bits per heavy atom. The van der Waals surface area contributed by atoms with Crippen LogP contribution in [0.4, 0.5) is 5.69 Å². The molecule has 0 aliphatic rings. The summed E-state index contributed by atoms with van der Waals surface area (Å²) in [6, 6.07) is 8.92. The topological polar surface area (TPSA) is 24.1 Å². The Hall–Kier alpha value is -2.58. The zero-order valence-corrected chi connectivity index (χ0v) is 23.6. The van der Waals surface area contributed by atoms with Crippen LogP contribution in [-0.4, -0.2) is 6.54 Å². The van der Waals surface area contributed by atoms with E-state index in [0.29, 0.717) is 12.0 Å². The maximum absolute atomic E-state index is 3.97. The third-order valence-corrected chi connectivity index (χ3v) is 5.10. The lowest BCUT2D eigenvalue weighted by Crippen LogP contribution is -2.21. The molecule has 0 aliphatic carbocycles. The molecule has 0 amide bonds. The van der Waals surface area contributed by atoms with E-state index < -0.39 is 0 Å². The molecule has 1 atom stereocenters. The highest BCUT2D eigenvalue weighted by molar-refractivity contribution is 5.53. The third kappa shape index (κ3) is 18.4. The smallest absolute Gasteiger partial charge is 0.0387 e. The lowest BCUT2D eigenvalue weighted by molar-refractivity contribution is 0.518. The molecular formula is C33H56N2. The van der Waals surface area contributed by atoms with E-state index >= 15 is 0 Å². The van der Waals surface area contributed by atoms with E-state index in [1.54, 1.807) is 0 Å². The van der Waals surface area contributed by atoms with E-state index in [4.69, 9.17) is 0 Å². The first-order chi connectivity index (χ1) is 16.1. The molecule has 0 saturated carbocycles. The summed E-state index contributed by atoms with van der Waals surface area (Å²) < 4.78 is 0. The molecule has 0 radical (unpaired) electrons. The Morgan fingerprint density at radius 1 is 1.03 bits per heavy atom. The maximum atomic E-state index is 3.97. The van der Waals surface area contributed by atoms with Crippen LogP contribution in [0.3, 0.4) is 0 Å². The van der Waals surface area contributed by atoms with Crippen LogP contribution in [0.5, 0.6) is 0 Å². The van der Waals surface area contributed by atoms with Gasteiger partial charge in [0.1, 0.15) is 0 Å². The van der Waals surface area contributed by atoms with Crippen molar-refractivity contribution in [3.8, 4) is 0 Å². The second-order valence-electron chi connectivity index (χ2n) is 8.63. The van der Waals surface area contributed by atoms with Gasteiger partial charge in [0.2, 0.25) is 0 Å². The van der Waals surface area contributed by atoms with Gasteiger partial charge in [0.05, 0.1) is 0 Å². The minimum absolute atomic E-state index is 0. The molecule has 0 heterocycles. The van der Waals surface area contributed by atoms with Gasteiger partial charge in [0, 0.05) is 17.4 Å². The van der Waals surface area contributed by atoms with Crippen molar-refractivity contribution in [2.45, 2.75) is 88.6 Å². The lowest BCUT2D eigenvalue weighted by Gasteiger charge is -2.18. The fraction of sp³-hybridized carbons (Fsp3) is 0.455. The summed E-state index contributed by atoms with van der Waals surface area (Å²) in [4.78, 5) is 0. The monoisotopic (exact) mass is 480 g/mol. The zero-order chi connectivity index (χ0) is 26.5. The highest BCUT2D eigenvalue weighted by Gasteiger charge is 2.08. The molecule has 1 aromatic rings. The van der Waals surface area contributed by atoms with Crippen LogP contribution in [0.15, 0.2) is 96.8 Å². The van der Waals surface area contributed by atoms with Gasteiger partial charge in [-0.05, 0) is 94.3 Å². The summed E-state index contributed by atoms with van der Waals surface area (Å²) in [7, 11) is 0. The van der Waals surface area contributed by atoms with Crippen molar-refractivity contribution in [2.75, 3.05) is 11.9 Å². The molecule has 0 fully saturated rings. The summed E-state index contributed by atoms with van der Waals surface area (Å²) in [5, 5.41) is 6.87. The normalized spacial score (nSPS) is 11.9. The van der Waals surface area contributed by atoms with Crippen LogP contribution in [0.2, 0.25) is 0 Å². The zero-order valence-electron chi connectivity index (χ0n) is 23.6. The SMILES string of the molecule is C.C/C=C\C.C=C(C)C(=C)Nc1cccc(C(CC)NCCC)c1.C=CC(=C\C(C)C)/C(C)=C/C. The number of nitrogens with one attached hydrogen (secondary N) is 2. The van der Waals surface area contributed by atoms with Gasteiger partial charge in [-0.2, -0.15) is 0 Å². The van der Waals surface area contributed by atoms with Crippen LogP contribution in [0.25, 0.3) is 0 Å². The van der Waals surface area contributed by atoms with Gasteiger partial charge in [0.25, 0.3) is 0 Å². The van der Waals surface area contributed by atoms with E-state index in [1.165, 1.54) is 16.7 Å². The minimum atomic E-state index is 0. The number of hydrogen-bond acceptors (Lipinski definition) is 2. The summed E-state index contributed by atoms with van der Waals surface area (Å²) in [6.45, 7) is 31.5. The first-order valence-electron chi connectivity index (χ1n) is 12.6. The van der Waals surface area contributed by atoms with Gasteiger partial charge in [-0.3, -0.25) is 0 Å². The Balaban J connectivity index is -0.000000544. The van der Waals surface area contributed by atoms with Crippen molar-refractivity contribution < 1.29 is 0 Å². The Bertz CT molecular complexity index is 802. The number of hydrogen-bond donors (Lipinski definition) is 2. The average Bonchev–Trinajstić information content (AvgIpc) is 2.83. The molecule has 2 N–H and O–H groups in total. The van der Waals surface area contributed by atoms with E-state index in [-0.39, 0.29) is 7.43 Å². The van der Waals surface area contributed by atoms with Crippen molar-refractivity contribution in [3.63, 3.8) is 0 Å². The molecular weight excluding hydrogens is 424 g/mol. The number of allylic oxidation sites excluding steroid dienone is 8. The van der Waals surface area contributed by atoms with E-state index in [2.05, 4.69) is 101 Å². The predicted octanol–water partition coefficient (Wildman–Crippen LogP) is 10.6. The molecule has 1 rings (SSSR count). The molecule has 0 spiro atoms. The molecule has 0 bridgehead atoms. The third-order valence-electron chi connectivity index (χ3n) is 5.10. The standard InChI is InChI=1S/C17H26N2.C11H18.C4H8.CH4/c1-6-11-18-17(7-2)15-9-8-10-16(12-15)19-14(5)13(3)4;1-6-10(5)11(7-2)8-9(3)4;1-3-4-2;/h8-10,12,17-19H,3,5-7,11H2,1-2,4H3;6-9H,2H2,1,3-5H3;3-4H,1-2H3;1H4/b;10-6+,11-8+;4-3-;. The highest BCUT2D eigenvalue weighted by atomic mass is 14.9. The van der Waals surface area contributed by atoms with Gasteiger partial charge in [-0.1, -0.05) is 97.4 Å². The van der Waals surface area contributed by atoms with E-state index in [9.17, 15) is 0 Å². The van der Waals surface area contributed by atoms with Crippen molar-refractivity contribution in [2.24, 2.45) is 5.92 Å². The van der Waals surface area contributed by atoms with Gasteiger partial charge in [0.15, 0.2) is 0 Å². The molecule has 0 aliphatic heterocycles. The predicted molar refractivity (Wildman–Crippen MR) is 165 cm³/mol. The molecule has 1 aromatic carbocycles. The first-order valence-corrected chi connectivity index (χ1v) is 12.6. The maximum Gasteiger partial charge on any atom is 0.0387 e. The first kappa shape index (κ1) is 37.0. The Morgan fingerprint density at radius 2 is 1.63 bits per heavy atom. The molecule has 198 valence electrons. The molecule has 2 heteroatoms.